The lowest BCUT2D eigenvalue weighted by Crippen LogP contribution is -2.32. The largest absolute Gasteiger partial charge is 0.378 e. The molecule has 0 saturated carbocycles. The normalized spacial score (nSPS) is 15.0. The number of hydrogen-bond acceptors (Lipinski definition) is 5. The number of likely N-dealkylation sites (N-methyl/N-ethyl adjacent to an activating group) is 1. The molecule has 1 aliphatic rings. The fraction of sp³-hybridized carbons (Fsp3) is 0.240. The highest BCUT2D eigenvalue weighted by molar-refractivity contribution is 6.31. The Balaban J connectivity index is 1.69. The van der Waals surface area contributed by atoms with Crippen molar-refractivity contribution in [2.45, 2.75) is 0 Å². The summed E-state index contributed by atoms with van der Waals surface area (Å²) in [4.78, 5) is 21.1. The van der Waals surface area contributed by atoms with Crippen molar-refractivity contribution in [1.29, 1.82) is 0 Å². The number of nitrogens with zero attached hydrogens (tertiary/aromatic N) is 5. The zero-order chi connectivity index (χ0) is 23.8. The monoisotopic (exact) mass is 479 g/mol. The number of aryl methyl sites for hydroxylation is 1. The van der Waals surface area contributed by atoms with Crippen molar-refractivity contribution in [3.8, 4) is 11.3 Å². The number of anilines is 2. The number of ether oxygens (including phenoxy) is 1. The predicted octanol–water partition coefficient (Wildman–Crippen LogP) is 4.67. The van der Waals surface area contributed by atoms with Crippen LogP contribution in [0.4, 0.5) is 15.8 Å². The summed E-state index contributed by atoms with van der Waals surface area (Å²) in [6, 6.07) is 14.3. The van der Waals surface area contributed by atoms with E-state index in [1.54, 1.807) is 48.1 Å². The Hall–Kier alpha value is -3.49. The molecule has 2 aromatic carbocycles. The van der Waals surface area contributed by atoms with Crippen LogP contribution >= 0.6 is 11.6 Å². The van der Waals surface area contributed by atoms with Gasteiger partial charge in [-0.15, -0.1) is 0 Å². The molecule has 3 heterocycles. The van der Waals surface area contributed by atoms with Gasteiger partial charge < -0.3 is 14.5 Å². The molecule has 9 heteroatoms. The summed E-state index contributed by atoms with van der Waals surface area (Å²) in [5.41, 5.74) is 4.49. The number of halogens is 2. The van der Waals surface area contributed by atoms with E-state index in [0.29, 0.717) is 37.7 Å². The van der Waals surface area contributed by atoms with Gasteiger partial charge in [0.1, 0.15) is 11.5 Å². The van der Waals surface area contributed by atoms with Crippen LogP contribution in [0.1, 0.15) is 10.5 Å². The smallest absolute Gasteiger partial charge is 0.271 e. The Kier molecular flexibility index (Phi) is 5.93. The maximum Gasteiger partial charge on any atom is 0.271 e. The highest BCUT2D eigenvalue weighted by Gasteiger charge is 2.20. The minimum atomic E-state index is -0.472. The minimum absolute atomic E-state index is 0.0505. The SMILES string of the molecule is CN1CCOCCN(c2ccc(F)c(Cl)c2)c2ccnc3ccc(cc23)-c2cc(n(C)n2)C1=O. The lowest BCUT2D eigenvalue weighted by Gasteiger charge is -2.27. The van der Waals surface area contributed by atoms with Gasteiger partial charge in [0, 0.05) is 50.0 Å². The molecule has 4 bridgehead atoms. The molecule has 0 aliphatic carbocycles. The molecule has 34 heavy (non-hydrogen) atoms. The van der Waals surface area contributed by atoms with E-state index >= 15 is 0 Å². The summed E-state index contributed by atoms with van der Waals surface area (Å²) in [6.07, 6.45) is 1.75. The first-order valence-electron chi connectivity index (χ1n) is 10.9. The summed E-state index contributed by atoms with van der Waals surface area (Å²) >= 11 is 6.12. The van der Waals surface area contributed by atoms with Crippen LogP contribution in [0.15, 0.2) is 54.7 Å². The molecule has 7 nitrogen and oxygen atoms in total. The van der Waals surface area contributed by atoms with Gasteiger partial charge in [0.15, 0.2) is 0 Å². The molecule has 1 aliphatic heterocycles. The van der Waals surface area contributed by atoms with Crippen LogP contribution in [0, 0.1) is 5.82 Å². The van der Waals surface area contributed by atoms with E-state index in [9.17, 15) is 9.18 Å². The molecule has 0 radical (unpaired) electrons. The van der Waals surface area contributed by atoms with Crippen LogP contribution < -0.4 is 4.90 Å². The van der Waals surface area contributed by atoms with Crippen LogP contribution in [-0.4, -0.2) is 58.9 Å². The summed E-state index contributed by atoms with van der Waals surface area (Å²) < 4.78 is 21.4. The maximum absolute atomic E-state index is 13.9. The Morgan fingerprint density at radius 2 is 1.85 bits per heavy atom. The Labute approximate surface area is 201 Å². The van der Waals surface area contributed by atoms with E-state index in [1.807, 2.05) is 29.2 Å². The lowest BCUT2D eigenvalue weighted by molar-refractivity contribution is 0.0694. The zero-order valence-corrected chi connectivity index (χ0v) is 19.6. The molecule has 0 unspecified atom stereocenters. The fourth-order valence-electron chi connectivity index (χ4n) is 4.13. The molecule has 0 spiro atoms. The molecule has 0 atom stereocenters. The number of pyridine rings is 1. The Bertz CT molecular complexity index is 1390. The van der Waals surface area contributed by atoms with Crippen molar-refractivity contribution >= 4 is 39.8 Å². The van der Waals surface area contributed by atoms with E-state index in [1.165, 1.54) is 6.07 Å². The third-order valence-electron chi connectivity index (χ3n) is 6.00. The molecule has 0 fully saturated rings. The van der Waals surface area contributed by atoms with Crippen molar-refractivity contribution in [2.75, 3.05) is 38.3 Å². The number of hydrogen-bond donors (Lipinski definition) is 0. The third-order valence-corrected chi connectivity index (χ3v) is 6.29. The number of carbonyl (C=O) groups excluding carboxylic acids is 1. The van der Waals surface area contributed by atoms with E-state index < -0.39 is 5.82 Å². The van der Waals surface area contributed by atoms with Crippen LogP contribution in [-0.2, 0) is 11.8 Å². The highest BCUT2D eigenvalue weighted by atomic mass is 35.5. The van der Waals surface area contributed by atoms with Crippen molar-refractivity contribution in [3.05, 3.63) is 71.3 Å². The number of rotatable bonds is 1. The average Bonchev–Trinajstić information content (AvgIpc) is 3.23. The van der Waals surface area contributed by atoms with E-state index in [4.69, 9.17) is 16.3 Å². The van der Waals surface area contributed by atoms with E-state index in [2.05, 4.69) is 10.1 Å². The van der Waals surface area contributed by atoms with Gasteiger partial charge in [-0.3, -0.25) is 14.5 Å². The molecule has 0 saturated heterocycles. The standard InChI is InChI=1S/C25H23ClFN5O2/c1-30-9-11-34-12-10-32(17-4-5-20(27)19(26)14-17)23-7-8-28-21-6-3-16(13-18(21)23)22-15-24(25(30)33)31(2)29-22/h3-8,13-15H,9-12H2,1-2H3. The quantitative estimate of drug-likeness (QED) is 0.397. The minimum Gasteiger partial charge on any atom is -0.378 e. The predicted molar refractivity (Wildman–Crippen MR) is 130 cm³/mol. The van der Waals surface area contributed by atoms with Gasteiger partial charge >= 0.3 is 0 Å². The Morgan fingerprint density at radius 1 is 1.03 bits per heavy atom. The van der Waals surface area contributed by atoms with Crippen molar-refractivity contribution < 1.29 is 13.9 Å². The summed E-state index contributed by atoms with van der Waals surface area (Å²) in [7, 11) is 3.51. The van der Waals surface area contributed by atoms with Crippen LogP contribution in [0.3, 0.4) is 0 Å². The number of benzene rings is 2. The van der Waals surface area contributed by atoms with Gasteiger partial charge in [-0.05, 0) is 42.5 Å². The first-order chi connectivity index (χ1) is 16.4. The average molecular weight is 480 g/mol. The number of amides is 1. The summed E-state index contributed by atoms with van der Waals surface area (Å²) in [5, 5.41) is 5.53. The number of aromatic nitrogens is 3. The molecular formula is C25H23ClFN5O2. The van der Waals surface area contributed by atoms with Gasteiger partial charge in [-0.25, -0.2) is 4.39 Å². The molecule has 174 valence electrons. The van der Waals surface area contributed by atoms with Gasteiger partial charge in [0.05, 0.1) is 35.1 Å². The molecule has 2 aromatic heterocycles. The molecule has 0 N–H and O–H groups in total. The van der Waals surface area contributed by atoms with Gasteiger partial charge in [-0.2, -0.15) is 5.10 Å². The third kappa shape index (κ3) is 4.10. The molecule has 4 aromatic rings. The summed E-state index contributed by atoms with van der Waals surface area (Å²) in [5.74, 6) is -0.592. The van der Waals surface area contributed by atoms with Crippen LogP contribution in [0.25, 0.3) is 22.2 Å². The Morgan fingerprint density at radius 3 is 2.68 bits per heavy atom. The maximum atomic E-state index is 13.9. The zero-order valence-electron chi connectivity index (χ0n) is 18.8. The molecule has 5 rings (SSSR count). The van der Waals surface area contributed by atoms with Gasteiger partial charge in [0.25, 0.3) is 5.91 Å². The van der Waals surface area contributed by atoms with Crippen molar-refractivity contribution in [2.24, 2.45) is 7.05 Å². The second-order valence-corrected chi connectivity index (χ2v) is 8.60. The van der Waals surface area contributed by atoms with Crippen molar-refractivity contribution in [3.63, 3.8) is 0 Å². The highest BCUT2D eigenvalue weighted by Crippen LogP contribution is 2.35. The van der Waals surface area contributed by atoms with Crippen LogP contribution in [0.2, 0.25) is 5.02 Å². The van der Waals surface area contributed by atoms with E-state index in [0.717, 1.165) is 27.8 Å². The fourth-order valence-corrected chi connectivity index (χ4v) is 4.31. The van der Waals surface area contributed by atoms with Gasteiger partial charge in [-0.1, -0.05) is 17.7 Å². The molecule has 1 amide bonds. The second kappa shape index (κ2) is 9.04. The summed E-state index contributed by atoms with van der Waals surface area (Å²) in [6.45, 7) is 1.71. The van der Waals surface area contributed by atoms with Crippen molar-refractivity contribution in [1.82, 2.24) is 19.7 Å². The molecular weight excluding hydrogens is 457 g/mol. The lowest BCUT2D eigenvalue weighted by atomic mass is 10.1. The van der Waals surface area contributed by atoms with Crippen LogP contribution in [0.5, 0.6) is 0 Å². The second-order valence-electron chi connectivity index (χ2n) is 8.19. The van der Waals surface area contributed by atoms with Gasteiger partial charge in [0.2, 0.25) is 0 Å². The first-order valence-corrected chi connectivity index (χ1v) is 11.3. The van der Waals surface area contributed by atoms with E-state index in [-0.39, 0.29) is 10.9 Å². The topological polar surface area (TPSA) is 63.5 Å². The first kappa shape index (κ1) is 22.3. The number of fused-ring (bicyclic) bond motifs is 4. The number of carbonyl (C=O) groups is 1.